The third kappa shape index (κ3) is 2.94. The standard InChI is InChI=1S/C11H12N2.C2H6/c1-2-9-3-5-10(6-4-9)11-7-8-12-13-11;1-2/h3-8H,2H2,1H3,(H,12,13);1-2H3. The van der Waals surface area contributed by atoms with Crippen molar-refractivity contribution in [3.63, 3.8) is 0 Å². The Labute approximate surface area is 91.4 Å². The lowest BCUT2D eigenvalue weighted by atomic mass is 10.1. The fourth-order valence-corrected chi connectivity index (χ4v) is 1.34. The second-order valence-corrected chi connectivity index (χ2v) is 3.02. The van der Waals surface area contributed by atoms with Crippen LogP contribution in [-0.4, -0.2) is 10.2 Å². The summed E-state index contributed by atoms with van der Waals surface area (Å²) in [5.74, 6) is 0. The fourth-order valence-electron chi connectivity index (χ4n) is 1.34. The van der Waals surface area contributed by atoms with Gasteiger partial charge in [0.15, 0.2) is 0 Å². The molecule has 0 unspecified atom stereocenters. The second kappa shape index (κ2) is 6.02. The van der Waals surface area contributed by atoms with Crippen molar-refractivity contribution >= 4 is 0 Å². The molecule has 1 heterocycles. The van der Waals surface area contributed by atoms with E-state index in [1.165, 1.54) is 11.1 Å². The van der Waals surface area contributed by atoms with Crippen molar-refractivity contribution in [3.8, 4) is 11.3 Å². The van der Waals surface area contributed by atoms with Crippen LogP contribution in [-0.2, 0) is 6.42 Å². The Hall–Kier alpha value is -1.57. The average Bonchev–Trinajstić information content (AvgIpc) is 2.85. The monoisotopic (exact) mass is 202 g/mol. The maximum Gasteiger partial charge on any atom is 0.0650 e. The average molecular weight is 202 g/mol. The van der Waals surface area contributed by atoms with Gasteiger partial charge in [-0.15, -0.1) is 0 Å². The molecule has 0 saturated carbocycles. The molecule has 1 N–H and O–H groups in total. The van der Waals surface area contributed by atoms with Crippen molar-refractivity contribution < 1.29 is 0 Å². The zero-order chi connectivity index (χ0) is 11.1. The maximum atomic E-state index is 3.92. The molecule has 2 rings (SSSR count). The van der Waals surface area contributed by atoms with Crippen LogP contribution in [0.2, 0.25) is 0 Å². The molecule has 0 aliphatic heterocycles. The summed E-state index contributed by atoms with van der Waals surface area (Å²) in [4.78, 5) is 0. The number of aryl methyl sites for hydroxylation is 1. The van der Waals surface area contributed by atoms with Gasteiger partial charge in [-0.1, -0.05) is 45.0 Å². The quantitative estimate of drug-likeness (QED) is 0.791. The number of H-pyrrole nitrogens is 1. The van der Waals surface area contributed by atoms with Gasteiger partial charge in [0, 0.05) is 6.20 Å². The Morgan fingerprint density at radius 2 is 1.73 bits per heavy atom. The zero-order valence-corrected chi connectivity index (χ0v) is 9.62. The smallest absolute Gasteiger partial charge is 0.0650 e. The van der Waals surface area contributed by atoms with Gasteiger partial charge in [-0.25, -0.2) is 0 Å². The predicted octanol–water partition coefficient (Wildman–Crippen LogP) is 3.67. The molecule has 1 aromatic carbocycles. The molecule has 2 aromatic rings. The largest absolute Gasteiger partial charge is 0.278 e. The number of hydrogen-bond donors (Lipinski definition) is 1. The van der Waals surface area contributed by atoms with E-state index in [9.17, 15) is 0 Å². The van der Waals surface area contributed by atoms with Gasteiger partial charge < -0.3 is 0 Å². The van der Waals surface area contributed by atoms with Crippen LogP contribution in [0.25, 0.3) is 11.3 Å². The summed E-state index contributed by atoms with van der Waals surface area (Å²) in [5.41, 5.74) is 3.63. The first-order valence-electron chi connectivity index (χ1n) is 5.49. The van der Waals surface area contributed by atoms with Crippen molar-refractivity contribution in [2.45, 2.75) is 27.2 Å². The van der Waals surface area contributed by atoms with Gasteiger partial charge in [-0.3, -0.25) is 5.10 Å². The van der Waals surface area contributed by atoms with Crippen molar-refractivity contribution in [2.24, 2.45) is 0 Å². The van der Waals surface area contributed by atoms with E-state index in [1.54, 1.807) is 6.20 Å². The molecule has 0 saturated heterocycles. The SMILES string of the molecule is CC.CCc1ccc(-c2ccn[nH]2)cc1. The molecule has 0 atom stereocenters. The van der Waals surface area contributed by atoms with Crippen molar-refractivity contribution in [3.05, 3.63) is 42.1 Å². The van der Waals surface area contributed by atoms with E-state index >= 15 is 0 Å². The molecule has 0 spiro atoms. The summed E-state index contributed by atoms with van der Waals surface area (Å²) < 4.78 is 0. The van der Waals surface area contributed by atoms with Crippen LogP contribution < -0.4 is 0 Å². The van der Waals surface area contributed by atoms with Crippen LogP contribution >= 0.6 is 0 Å². The summed E-state index contributed by atoms with van der Waals surface area (Å²) >= 11 is 0. The summed E-state index contributed by atoms with van der Waals surface area (Å²) in [5, 5.41) is 6.86. The summed E-state index contributed by atoms with van der Waals surface area (Å²) in [6, 6.07) is 10.5. The van der Waals surface area contributed by atoms with E-state index in [-0.39, 0.29) is 0 Å². The highest BCUT2D eigenvalue weighted by Crippen LogP contribution is 2.16. The van der Waals surface area contributed by atoms with Gasteiger partial charge in [-0.05, 0) is 23.6 Å². The number of nitrogens with zero attached hydrogens (tertiary/aromatic N) is 1. The highest BCUT2D eigenvalue weighted by atomic mass is 15.1. The van der Waals surface area contributed by atoms with Crippen LogP contribution in [0, 0.1) is 0 Å². The number of rotatable bonds is 2. The molecule has 2 heteroatoms. The molecule has 1 aromatic heterocycles. The normalized spacial score (nSPS) is 9.27. The predicted molar refractivity (Wildman–Crippen MR) is 64.7 cm³/mol. The molecule has 80 valence electrons. The Morgan fingerprint density at radius 3 is 2.20 bits per heavy atom. The van der Waals surface area contributed by atoms with Crippen molar-refractivity contribution in [2.75, 3.05) is 0 Å². The van der Waals surface area contributed by atoms with E-state index in [4.69, 9.17) is 0 Å². The molecule has 0 bridgehead atoms. The number of aromatic nitrogens is 2. The molecule has 0 amide bonds. The first-order valence-corrected chi connectivity index (χ1v) is 5.49. The van der Waals surface area contributed by atoms with Gasteiger partial charge in [0.1, 0.15) is 0 Å². The molecule has 0 aliphatic rings. The minimum absolute atomic E-state index is 1.07. The lowest BCUT2D eigenvalue weighted by molar-refractivity contribution is 1.09. The summed E-state index contributed by atoms with van der Waals surface area (Å²) in [6.45, 7) is 6.16. The number of nitrogens with one attached hydrogen (secondary N) is 1. The first kappa shape index (κ1) is 11.5. The van der Waals surface area contributed by atoms with E-state index in [2.05, 4.69) is 41.4 Å². The van der Waals surface area contributed by atoms with Gasteiger partial charge in [-0.2, -0.15) is 5.10 Å². The van der Waals surface area contributed by atoms with Crippen LogP contribution in [0.1, 0.15) is 26.3 Å². The number of hydrogen-bond acceptors (Lipinski definition) is 1. The topological polar surface area (TPSA) is 28.7 Å². The van der Waals surface area contributed by atoms with Crippen LogP contribution in [0.4, 0.5) is 0 Å². The summed E-state index contributed by atoms with van der Waals surface area (Å²) in [7, 11) is 0. The number of benzene rings is 1. The van der Waals surface area contributed by atoms with Gasteiger partial charge in [0.25, 0.3) is 0 Å². The zero-order valence-electron chi connectivity index (χ0n) is 9.62. The van der Waals surface area contributed by atoms with Gasteiger partial charge in [0.2, 0.25) is 0 Å². The Bertz CT molecular complexity index is 360. The van der Waals surface area contributed by atoms with E-state index in [1.807, 2.05) is 19.9 Å². The highest BCUT2D eigenvalue weighted by Gasteiger charge is 1.97. The minimum atomic E-state index is 1.07. The van der Waals surface area contributed by atoms with E-state index in [0.29, 0.717) is 0 Å². The molecule has 0 radical (unpaired) electrons. The van der Waals surface area contributed by atoms with E-state index < -0.39 is 0 Å². The highest BCUT2D eigenvalue weighted by molar-refractivity contribution is 5.58. The Kier molecular flexibility index (Phi) is 4.61. The third-order valence-electron chi connectivity index (χ3n) is 2.17. The van der Waals surface area contributed by atoms with E-state index in [0.717, 1.165) is 12.1 Å². The lowest BCUT2D eigenvalue weighted by Crippen LogP contribution is -1.81. The third-order valence-corrected chi connectivity index (χ3v) is 2.17. The van der Waals surface area contributed by atoms with Crippen LogP contribution in [0.3, 0.4) is 0 Å². The molecular weight excluding hydrogens is 184 g/mol. The lowest BCUT2D eigenvalue weighted by Gasteiger charge is -1.99. The van der Waals surface area contributed by atoms with Crippen molar-refractivity contribution in [1.82, 2.24) is 10.2 Å². The Morgan fingerprint density at radius 1 is 1.07 bits per heavy atom. The fraction of sp³-hybridized carbons (Fsp3) is 0.308. The maximum absolute atomic E-state index is 3.92. The Balaban J connectivity index is 0.000000531. The van der Waals surface area contributed by atoms with Crippen LogP contribution in [0.15, 0.2) is 36.5 Å². The molecule has 0 fully saturated rings. The molecule has 0 aliphatic carbocycles. The first-order chi connectivity index (χ1) is 7.40. The molecule has 2 nitrogen and oxygen atoms in total. The number of aromatic amines is 1. The molecule has 15 heavy (non-hydrogen) atoms. The summed E-state index contributed by atoms with van der Waals surface area (Å²) in [6.07, 6.45) is 2.85. The van der Waals surface area contributed by atoms with Gasteiger partial charge in [0.05, 0.1) is 5.69 Å². The molecular formula is C13H18N2. The minimum Gasteiger partial charge on any atom is -0.278 e. The van der Waals surface area contributed by atoms with Crippen LogP contribution in [0.5, 0.6) is 0 Å². The van der Waals surface area contributed by atoms with Crippen molar-refractivity contribution in [1.29, 1.82) is 0 Å². The second-order valence-electron chi connectivity index (χ2n) is 3.02. The van der Waals surface area contributed by atoms with Gasteiger partial charge >= 0.3 is 0 Å².